The minimum Gasteiger partial charge on any atom is -0.394 e. The van der Waals surface area contributed by atoms with E-state index in [4.69, 9.17) is 9.84 Å². The van der Waals surface area contributed by atoms with E-state index in [0.717, 1.165) is 25.6 Å². The Hall–Kier alpha value is -0.120. The summed E-state index contributed by atoms with van der Waals surface area (Å²) in [7, 11) is 0. The van der Waals surface area contributed by atoms with Crippen LogP contribution in [-0.4, -0.2) is 37.5 Å². The molecule has 0 aromatic carbocycles. The van der Waals surface area contributed by atoms with E-state index in [9.17, 15) is 0 Å². The zero-order chi connectivity index (χ0) is 10.1. The van der Waals surface area contributed by atoms with Gasteiger partial charge >= 0.3 is 0 Å². The number of aliphatic hydroxyl groups excluding tert-OH is 1. The van der Waals surface area contributed by atoms with Crippen LogP contribution >= 0.6 is 0 Å². The summed E-state index contributed by atoms with van der Waals surface area (Å²) >= 11 is 0. The molecule has 2 N–H and O–H groups in total. The quantitative estimate of drug-likeness (QED) is 0.610. The Bertz CT molecular complexity index is 124. The Morgan fingerprint density at radius 3 is 2.64 bits per heavy atom. The summed E-state index contributed by atoms with van der Waals surface area (Å²) in [6.07, 6.45) is 7.93. The van der Waals surface area contributed by atoms with Gasteiger partial charge < -0.3 is 15.2 Å². The van der Waals surface area contributed by atoms with Gasteiger partial charge in [-0.1, -0.05) is 19.3 Å². The van der Waals surface area contributed by atoms with Crippen LogP contribution in [0, 0.1) is 0 Å². The lowest BCUT2D eigenvalue weighted by Crippen LogP contribution is -2.32. The van der Waals surface area contributed by atoms with Gasteiger partial charge in [-0.05, 0) is 25.8 Å². The molecule has 0 aromatic rings. The summed E-state index contributed by atoms with van der Waals surface area (Å²) < 4.78 is 5.18. The summed E-state index contributed by atoms with van der Waals surface area (Å²) in [5.41, 5.74) is 0. The zero-order valence-corrected chi connectivity index (χ0v) is 9.00. The SMILES string of the molecule is OCCOCCCNC1CCCCC1. The molecule has 0 radical (unpaired) electrons. The minimum absolute atomic E-state index is 0.135. The normalized spacial score (nSPS) is 18.6. The Kier molecular flexibility index (Phi) is 7.01. The van der Waals surface area contributed by atoms with E-state index in [1.54, 1.807) is 0 Å². The molecule has 0 saturated heterocycles. The molecule has 0 spiro atoms. The molecule has 1 aliphatic rings. The lowest BCUT2D eigenvalue weighted by molar-refractivity contribution is 0.0901. The average molecular weight is 201 g/mol. The second-order valence-corrected chi connectivity index (χ2v) is 3.98. The van der Waals surface area contributed by atoms with Crippen molar-refractivity contribution in [1.82, 2.24) is 5.32 Å². The predicted octanol–water partition coefficient (Wildman–Crippen LogP) is 1.31. The van der Waals surface area contributed by atoms with Crippen molar-refractivity contribution in [2.75, 3.05) is 26.4 Å². The monoisotopic (exact) mass is 201 g/mol. The van der Waals surface area contributed by atoms with Crippen molar-refractivity contribution in [3.63, 3.8) is 0 Å². The molecule has 0 aromatic heterocycles. The van der Waals surface area contributed by atoms with Gasteiger partial charge in [0.2, 0.25) is 0 Å². The molecule has 84 valence electrons. The zero-order valence-electron chi connectivity index (χ0n) is 9.00. The van der Waals surface area contributed by atoms with Crippen LogP contribution in [0.25, 0.3) is 0 Å². The number of ether oxygens (including phenoxy) is 1. The Balaban J connectivity index is 1.82. The number of nitrogens with one attached hydrogen (secondary N) is 1. The standard InChI is InChI=1S/C11H23NO2/c13-8-10-14-9-4-7-12-11-5-2-1-3-6-11/h11-13H,1-10H2. The van der Waals surface area contributed by atoms with Crippen LogP contribution in [0.4, 0.5) is 0 Å². The average Bonchev–Trinajstić information content (AvgIpc) is 2.25. The number of aliphatic hydroxyl groups is 1. The third-order valence-electron chi connectivity index (χ3n) is 2.74. The topological polar surface area (TPSA) is 41.5 Å². The second kappa shape index (κ2) is 8.21. The minimum atomic E-state index is 0.135. The van der Waals surface area contributed by atoms with Gasteiger partial charge in [0.05, 0.1) is 13.2 Å². The van der Waals surface area contributed by atoms with Gasteiger partial charge in [0, 0.05) is 12.6 Å². The predicted molar refractivity (Wildman–Crippen MR) is 57.4 cm³/mol. The summed E-state index contributed by atoms with van der Waals surface area (Å²) in [5, 5.41) is 12.0. The lowest BCUT2D eigenvalue weighted by Gasteiger charge is -2.22. The van der Waals surface area contributed by atoms with Crippen LogP contribution < -0.4 is 5.32 Å². The smallest absolute Gasteiger partial charge is 0.0697 e. The van der Waals surface area contributed by atoms with E-state index in [0.29, 0.717) is 6.61 Å². The highest BCUT2D eigenvalue weighted by molar-refractivity contribution is 4.71. The van der Waals surface area contributed by atoms with E-state index < -0.39 is 0 Å². The highest BCUT2D eigenvalue weighted by Crippen LogP contribution is 2.17. The van der Waals surface area contributed by atoms with Gasteiger partial charge in [0.15, 0.2) is 0 Å². The van der Waals surface area contributed by atoms with Crippen LogP contribution in [0.5, 0.6) is 0 Å². The third kappa shape index (κ3) is 5.58. The lowest BCUT2D eigenvalue weighted by atomic mass is 9.95. The van der Waals surface area contributed by atoms with Crippen molar-refractivity contribution in [2.45, 2.75) is 44.6 Å². The molecule has 3 nitrogen and oxygen atoms in total. The number of rotatable bonds is 7. The summed E-state index contributed by atoms with van der Waals surface area (Å²) in [6.45, 7) is 2.43. The Labute approximate surface area is 86.8 Å². The molecule has 0 bridgehead atoms. The van der Waals surface area contributed by atoms with Crippen LogP contribution in [0.3, 0.4) is 0 Å². The maximum atomic E-state index is 8.49. The molecule has 0 amide bonds. The highest BCUT2D eigenvalue weighted by Gasteiger charge is 2.11. The Morgan fingerprint density at radius 1 is 1.14 bits per heavy atom. The molecule has 1 fully saturated rings. The maximum Gasteiger partial charge on any atom is 0.0697 e. The second-order valence-electron chi connectivity index (χ2n) is 3.98. The molecule has 1 saturated carbocycles. The van der Waals surface area contributed by atoms with Crippen molar-refractivity contribution in [1.29, 1.82) is 0 Å². The van der Waals surface area contributed by atoms with E-state index in [-0.39, 0.29) is 6.61 Å². The molecule has 1 aliphatic carbocycles. The first-order valence-electron chi connectivity index (χ1n) is 5.85. The molecular formula is C11H23NO2. The van der Waals surface area contributed by atoms with Crippen molar-refractivity contribution < 1.29 is 9.84 Å². The molecule has 0 atom stereocenters. The van der Waals surface area contributed by atoms with Crippen LogP contribution in [0.2, 0.25) is 0 Å². The van der Waals surface area contributed by atoms with Gasteiger partial charge in [0.1, 0.15) is 0 Å². The maximum absolute atomic E-state index is 8.49. The molecule has 1 rings (SSSR count). The summed E-state index contributed by atoms with van der Waals surface area (Å²) in [4.78, 5) is 0. The van der Waals surface area contributed by atoms with Crippen LogP contribution in [0.1, 0.15) is 38.5 Å². The Morgan fingerprint density at radius 2 is 1.93 bits per heavy atom. The molecule has 14 heavy (non-hydrogen) atoms. The van der Waals surface area contributed by atoms with Gasteiger partial charge in [-0.25, -0.2) is 0 Å². The largest absolute Gasteiger partial charge is 0.394 e. The fourth-order valence-electron chi connectivity index (χ4n) is 1.95. The first kappa shape index (κ1) is 12.0. The van der Waals surface area contributed by atoms with Crippen LogP contribution in [0.15, 0.2) is 0 Å². The molecule has 0 aliphatic heterocycles. The molecule has 3 heteroatoms. The molecule has 0 heterocycles. The number of hydrogen-bond donors (Lipinski definition) is 2. The van der Waals surface area contributed by atoms with Crippen molar-refractivity contribution >= 4 is 0 Å². The van der Waals surface area contributed by atoms with E-state index in [2.05, 4.69) is 5.32 Å². The fraction of sp³-hybridized carbons (Fsp3) is 1.00. The van der Waals surface area contributed by atoms with Gasteiger partial charge in [-0.2, -0.15) is 0 Å². The number of hydrogen-bond acceptors (Lipinski definition) is 3. The fourth-order valence-corrected chi connectivity index (χ4v) is 1.95. The molecule has 0 unspecified atom stereocenters. The van der Waals surface area contributed by atoms with E-state index >= 15 is 0 Å². The van der Waals surface area contributed by atoms with Crippen molar-refractivity contribution in [3.8, 4) is 0 Å². The van der Waals surface area contributed by atoms with Crippen molar-refractivity contribution in [2.24, 2.45) is 0 Å². The van der Waals surface area contributed by atoms with Gasteiger partial charge in [0.25, 0.3) is 0 Å². The summed E-state index contributed by atoms with van der Waals surface area (Å²) in [5.74, 6) is 0. The third-order valence-corrected chi connectivity index (χ3v) is 2.74. The van der Waals surface area contributed by atoms with Crippen molar-refractivity contribution in [3.05, 3.63) is 0 Å². The van der Waals surface area contributed by atoms with E-state index in [1.807, 2.05) is 0 Å². The van der Waals surface area contributed by atoms with Gasteiger partial charge in [-0.15, -0.1) is 0 Å². The van der Waals surface area contributed by atoms with Crippen LogP contribution in [-0.2, 0) is 4.74 Å². The highest BCUT2D eigenvalue weighted by atomic mass is 16.5. The van der Waals surface area contributed by atoms with Gasteiger partial charge in [-0.3, -0.25) is 0 Å². The van der Waals surface area contributed by atoms with E-state index in [1.165, 1.54) is 32.1 Å². The summed E-state index contributed by atoms with van der Waals surface area (Å²) in [6, 6.07) is 0.751. The first-order valence-corrected chi connectivity index (χ1v) is 5.85. The first-order chi connectivity index (χ1) is 6.93. The molecular weight excluding hydrogens is 178 g/mol.